The summed E-state index contributed by atoms with van der Waals surface area (Å²) in [5.74, 6) is -0.0584. The zero-order chi connectivity index (χ0) is 13.7. The van der Waals surface area contributed by atoms with Crippen LogP contribution in [-0.2, 0) is 10.3 Å². The molecule has 6 heteroatoms. The van der Waals surface area contributed by atoms with Crippen LogP contribution in [0.3, 0.4) is 0 Å². The summed E-state index contributed by atoms with van der Waals surface area (Å²) in [6.45, 7) is 0. The highest BCUT2D eigenvalue weighted by Gasteiger charge is 2.44. The highest BCUT2D eigenvalue weighted by Crippen LogP contribution is 2.41. The minimum atomic E-state index is -0.568. The second kappa shape index (κ2) is 4.12. The summed E-state index contributed by atoms with van der Waals surface area (Å²) >= 11 is 5.93. The van der Waals surface area contributed by atoms with Gasteiger partial charge in [-0.15, -0.1) is 0 Å². The number of hydrogen-bond donors (Lipinski definition) is 0. The van der Waals surface area contributed by atoms with Crippen molar-refractivity contribution in [3.63, 3.8) is 0 Å². The SMILES string of the molecule is O=C1N=Cc2cc3cnc(Cl)nc3n2C12CCCCC2. The topological polar surface area (TPSA) is 60.1 Å². The molecule has 0 atom stereocenters. The van der Waals surface area contributed by atoms with Crippen molar-refractivity contribution in [1.29, 1.82) is 0 Å². The van der Waals surface area contributed by atoms with E-state index in [9.17, 15) is 4.79 Å². The molecule has 0 aromatic carbocycles. The van der Waals surface area contributed by atoms with Crippen LogP contribution in [0.15, 0.2) is 17.3 Å². The molecule has 0 N–H and O–H groups in total. The number of carbonyl (C=O) groups excluding carboxylic acids is 1. The zero-order valence-electron chi connectivity index (χ0n) is 10.8. The van der Waals surface area contributed by atoms with Gasteiger partial charge >= 0.3 is 0 Å². The fraction of sp³-hybridized carbons (Fsp3) is 0.429. The predicted molar refractivity (Wildman–Crippen MR) is 76.2 cm³/mol. The van der Waals surface area contributed by atoms with Crippen molar-refractivity contribution in [3.8, 4) is 0 Å². The molecule has 1 saturated carbocycles. The summed E-state index contributed by atoms with van der Waals surface area (Å²) in [6.07, 6.45) is 8.22. The Morgan fingerprint density at radius 3 is 2.85 bits per heavy atom. The number of nitrogens with zero attached hydrogens (tertiary/aromatic N) is 4. The van der Waals surface area contributed by atoms with Crippen LogP contribution >= 0.6 is 11.6 Å². The van der Waals surface area contributed by atoms with E-state index in [4.69, 9.17) is 11.6 Å². The number of hydrogen-bond acceptors (Lipinski definition) is 3. The molecule has 2 aromatic heterocycles. The van der Waals surface area contributed by atoms with Gasteiger partial charge in [0.25, 0.3) is 5.91 Å². The standard InChI is InChI=1S/C14H13ClN4O/c15-13-17-7-9-6-10-8-16-12(20)14(4-2-1-3-5-14)19(10)11(9)18-13/h6-8H,1-5H2. The van der Waals surface area contributed by atoms with Crippen LogP contribution in [0.25, 0.3) is 11.0 Å². The molecule has 102 valence electrons. The molecule has 0 radical (unpaired) electrons. The van der Waals surface area contributed by atoms with Crippen LogP contribution in [0.4, 0.5) is 0 Å². The van der Waals surface area contributed by atoms with Crippen LogP contribution in [0.2, 0.25) is 5.28 Å². The number of rotatable bonds is 0. The van der Waals surface area contributed by atoms with Crippen molar-refractivity contribution in [2.75, 3.05) is 0 Å². The molecule has 2 aromatic rings. The minimum absolute atomic E-state index is 0.0584. The molecule has 2 aliphatic rings. The molecule has 1 spiro atoms. The Morgan fingerprint density at radius 2 is 2.05 bits per heavy atom. The molecule has 20 heavy (non-hydrogen) atoms. The monoisotopic (exact) mass is 288 g/mol. The van der Waals surface area contributed by atoms with E-state index >= 15 is 0 Å². The van der Waals surface area contributed by atoms with E-state index in [-0.39, 0.29) is 11.2 Å². The first-order chi connectivity index (χ1) is 9.71. The molecule has 1 amide bonds. The Hall–Kier alpha value is -1.75. The van der Waals surface area contributed by atoms with E-state index in [0.717, 1.165) is 42.4 Å². The number of fused-ring (bicyclic) bond motifs is 4. The second-order valence-electron chi connectivity index (χ2n) is 5.48. The Labute approximate surface area is 120 Å². The lowest BCUT2D eigenvalue weighted by Gasteiger charge is -2.38. The van der Waals surface area contributed by atoms with Gasteiger partial charge in [-0.25, -0.2) is 9.98 Å². The molecular weight excluding hydrogens is 276 g/mol. The molecule has 1 aliphatic carbocycles. The summed E-state index contributed by atoms with van der Waals surface area (Å²) < 4.78 is 2.03. The van der Waals surface area contributed by atoms with E-state index in [1.54, 1.807) is 12.4 Å². The van der Waals surface area contributed by atoms with Crippen molar-refractivity contribution < 1.29 is 4.79 Å². The number of aliphatic imine (C=N–C) groups is 1. The van der Waals surface area contributed by atoms with Crippen LogP contribution in [-0.4, -0.2) is 26.7 Å². The third-order valence-electron chi connectivity index (χ3n) is 4.36. The van der Waals surface area contributed by atoms with Crippen LogP contribution < -0.4 is 0 Å². The lowest BCUT2D eigenvalue weighted by atomic mass is 9.80. The van der Waals surface area contributed by atoms with Gasteiger partial charge in [0.2, 0.25) is 5.28 Å². The number of aromatic nitrogens is 3. The molecule has 3 heterocycles. The average Bonchev–Trinajstić information content (AvgIpc) is 2.83. The largest absolute Gasteiger partial charge is 0.309 e. The summed E-state index contributed by atoms with van der Waals surface area (Å²) in [6, 6.07) is 1.97. The smallest absolute Gasteiger partial charge is 0.271 e. The van der Waals surface area contributed by atoms with Crippen molar-refractivity contribution in [3.05, 3.63) is 23.2 Å². The highest BCUT2D eigenvalue weighted by atomic mass is 35.5. The molecule has 0 saturated heterocycles. The fourth-order valence-corrected chi connectivity index (χ4v) is 3.58. The first kappa shape index (κ1) is 12.0. The zero-order valence-corrected chi connectivity index (χ0v) is 11.6. The number of carbonyl (C=O) groups is 1. The molecule has 1 fully saturated rings. The first-order valence-corrected chi connectivity index (χ1v) is 7.21. The van der Waals surface area contributed by atoms with Gasteiger partial charge in [0.1, 0.15) is 11.2 Å². The summed E-state index contributed by atoms with van der Waals surface area (Å²) in [5, 5.41) is 1.11. The fourth-order valence-electron chi connectivity index (χ4n) is 3.45. The number of halogens is 1. The Kier molecular flexibility index (Phi) is 2.48. The second-order valence-corrected chi connectivity index (χ2v) is 5.82. The van der Waals surface area contributed by atoms with Gasteiger partial charge in [-0.05, 0) is 30.5 Å². The summed E-state index contributed by atoms with van der Waals surface area (Å²) in [4.78, 5) is 24.9. The quantitative estimate of drug-likeness (QED) is 0.700. The van der Waals surface area contributed by atoms with Crippen molar-refractivity contribution in [2.45, 2.75) is 37.6 Å². The van der Waals surface area contributed by atoms with E-state index in [0.29, 0.717) is 0 Å². The third-order valence-corrected chi connectivity index (χ3v) is 4.54. The van der Waals surface area contributed by atoms with Crippen molar-refractivity contribution in [1.82, 2.24) is 14.5 Å². The Bertz CT molecular complexity index is 743. The molecular formula is C14H13ClN4O. The van der Waals surface area contributed by atoms with Gasteiger partial charge in [-0.1, -0.05) is 19.3 Å². The lowest BCUT2D eigenvalue weighted by molar-refractivity contribution is -0.128. The Balaban J connectivity index is 2.04. The van der Waals surface area contributed by atoms with Crippen LogP contribution in [0.1, 0.15) is 37.8 Å². The molecule has 5 nitrogen and oxygen atoms in total. The van der Waals surface area contributed by atoms with Crippen molar-refractivity contribution in [2.24, 2.45) is 4.99 Å². The highest BCUT2D eigenvalue weighted by molar-refractivity contribution is 6.28. The maximum absolute atomic E-state index is 12.5. The van der Waals surface area contributed by atoms with Crippen LogP contribution in [0.5, 0.6) is 0 Å². The maximum Gasteiger partial charge on any atom is 0.271 e. The summed E-state index contributed by atoms with van der Waals surface area (Å²) in [7, 11) is 0. The van der Waals surface area contributed by atoms with E-state index in [1.165, 1.54) is 6.42 Å². The Morgan fingerprint density at radius 1 is 1.25 bits per heavy atom. The van der Waals surface area contributed by atoms with Crippen LogP contribution in [0, 0.1) is 0 Å². The van der Waals surface area contributed by atoms with E-state index in [2.05, 4.69) is 15.0 Å². The van der Waals surface area contributed by atoms with Gasteiger partial charge in [0, 0.05) is 11.6 Å². The molecule has 1 aliphatic heterocycles. The summed E-state index contributed by atoms with van der Waals surface area (Å²) in [5.41, 5.74) is 1.08. The van der Waals surface area contributed by atoms with Gasteiger partial charge < -0.3 is 4.57 Å². The molecule has 0 bridgehead atoms. The predicted octanol–water partition coefficient (Wildman–Crippen LogP) is 2.70. The normalized spacial score (nSPS) is 20.6. The maximum atomic E-state index is 12.5. The molecule has 4 rings (SSSR count). The average molecular weight is 289 g/mol. The van der Waals surface area contributed by atoms with E-state index in [1.807, 2.05) is 10.6 Å². The van der Waals surface area contributed by atoms with Gasteiger partial charge in [-0.3, -0.25) is 4.79 Å². The lowest BCUT2D eigenvalue weighted by Crippen LogP contribution is -2.45. The molecule has 0 unspecified atom stereocenters. The van der Waals surface area contributed by atoms with Crippen molar-refractivity contribution >= 4 is 34.8 Å². The number of amides is 1. The minimum Gasteiger partial charge on any atom is -0.309 e. The van der Waals surface area contributed by atoms with E-state index < -0.39 is 5.54 Å². The van der Waals surface area contributed by atoms with Gasteiger partial charge in [-0.2, -0.15) is 4.98 Å². The first-order valence-electron chi connectivity index (χ1n) is 6.84. The third kappa shape index (κ3) is 1.50. The van der Waals surface area contributed by atoms with Gasteiger partial charge in [0.05, 0.1) is 11.9 Å². The van der Waals surface area contributed by atoms with Gasteiger partial charge in [0.15, 0.2) is 0 Å².